The smallest absolute Gasteiger partial charge is 0.264 e. The Bertz CT molecular complexity index is 1380. The molecule has 0 heterocycles. The van der Waals surface area contributed by atoms with Gasteiger partial charge < -0.3 is 10.2 Å². The number of anilines is 1. The van der Waals surface area contributed by atoms with Crippen molar-refractivity contribution >= 4 is 39.1 Å². The molecule has 2 amide bonds. The van der Waals surface area contributed by atoms with Crippen LogP contribution in [0.4, 0.5) is 10.1 Å². The van der Waals surface area contributed by atoms with Gasteiger partial charge >= 0.3 is 0 Å². The molecule has 0 radical (unpaired) electrons. The third kappa shape index (κ3) is 7.33. The lowest BCUT2D eigenvalue weighted by Gasteiger charge is -2.33. The molecule has 3 aromatic carbocycles. The Labute approximate surface area is 228 Å². The first-order valence-electron chi connectivity index (χ1n) is 12.0. The maximum atomic E-state index is 13.8. The first-order chi connectivity index (χ1) is 17.8. The number of halogens is 2. The second-order valence-corrected chi connectivity index (χ2v) is 12.1. The lowest BCUT2D eigenvalue weighted by atomic mass is 10.1. The van der Waals surface area contributed by atoms with E-state index in [0.29, 0.717) is 5.56 Å². The maximum Gasteiger partial charge on any atom is 0.264 e. The van der Waals surface area contributed by atoms with Crippen molar-refractivity contribution in [1.29, 1.82) is 0 Å². The molecule has 0 saturated carbocycles. The van der Waals surface area contributed by atoms with Crippen molar-refractivity contribution in [3.63, 3.8) is 0 Å². The average Bonchev–Trinajstić information content (AvgIpc) is 2.86. The van der Waals surface area contributed by atoms with Crippen LogP contribution in [0.15, 0.2) is 83.8 Å². The molecule has 38 heavy (non-hydrogen) atoms. The van der Waals surface area contributed by atoms with E-state index in [-0.39, 0.29) is 22.2 Å². The molecular weight excluding hydrogens is 529 g/mol. The number of sulfonamides is 1. The SMILES string of the molecule is C[C@H](C(=O)NC(C)(C)C)N(Cc1ccc(F)cc1)C(=O)CN(c1ccccc1Cl)S(=O)(=O)c1ccccc1. The molecule has 0 aliphatic rings. The largest absolute Gasteiger partial charge is 0.350 e. The Morgan fingerprint density at radius 1 is 0.947 bits per heavy atom. The fourth-order valence-corrected chi connectivity index (χ4v) is 5.47. The molecule has 202 valence electrons. The number of para-hydroxylation sites is 1. The monoisotopic (exact) mass is 559 g/mol. The molecule has 0 aliphatic carbocycles. The minimum absolute atomic E-state index is 0.0173. The van der Waals surface area contributed by atoms with Crippen LogP contribution in [0.5, 0.6) is 0 Å². The second kappa shape index (κ2) is 12.0. The summed E-state index contributed by atoms with van der Waals surface area (Å²) in [6.45, 7) is 6.35. The molecule has 0 aliphatic heterocycles. The summed E-state index contributed by atoms with van der Waals surface area (Å²) in [6.07, 6.45) is 0. The normalized spacial score (nSPS) is 12.5. The molecule has 3 rings (SSSR count). The van der Waals surface area contributed by atoms with Crippen molar-refractivity contribution in [2.45, 2.75) is 50.7 Å². The van der Waals surface area contributed by atoms with E-state index in [1.54, 1.807) is 37.3 Å². The highest BCUT2D eigenvalue weighted by molar-refractivity contribution is 7.92. The van der Waals surface area contributed by atoms with E-state index < -0.39 is 45.8 Å². The van der Waals surface area contributed by atoms with E-state index in [0.717, 1.165) is 4.31 Å². The fraction of sp³-hybridized carbons (Fsp3) is 0.286. The minimum Gasteiger partial charge on any atom is -0.350 e. The number of hydrogen-bond acceptors (Lipinski definition) is 4. The van der Waals surface area contributed by atoms with Crippen LogP contribution in [0.2, 0.25) is 5.02 Å². The van der Waals surface area contributed by atoms with E-state index in [4.69, 9.17) is 11.6 Å². The quantitative estimate of drug-likeness (QED) is 0.399. The highest BCUT2D eigenvalue weighted by Gasteiger charge is 2.34. The zero-order chi connectivity index (χ0) is 28.1. The summed E-state index contributed by atoms with van der Waals surface area (Å²) in [6, 6.07) is 18.6. The lowest BCUT2D eigenvalue weighted by molar-refractivity contribution is -0.140. The fourth-order valence-electron chi connectivity index (χ4n) is 3.73. The van der Waals surface area contributed by atoms with Gasteiger partial charge in [-0.3, -0.25) is 13.9 Å². The Balaban J connectivity index is 2.03. The predicted octanol–water partition coefficient (Wildman–Crippen LogP) is 5.01. The van der Waals surface area contributed by atoms with Crippen molar-refractivity contribution < 1.29 is 22.4 Å². The Hall–Kier alpha value is -3.43. The molecule has 0 saturated heterocycles. The van der Waals surface area contributed by atoms with Crippen LogP contribution in [-0.4, -0.2) is 43.3 Å². The molecule has 0 unspecified atom stereocenters. The van der Waals surface area contributed by atoms with Crippen molar-refractivity contribution in [2.75, 3.05) is 10.8 Å². The van der Waals surface area contributed by atoms with Crippen LogP contribution in [0, 0.1) is 5.82 Å². The van der Waals surface area contributed by atoms with Crippen molar-refractivity contribution in [2.24, 2.45) is 0 Å². The summed E-state index contributed by atoms with van der Waals surface area (Å²) in [5.41, 5.74) is 0.140. The van der Waals surface area contributed by atoms with Crippen molar-refractivity contribution in [3.05, 3.63) is 95.3 Å². The zero-order valence-corrected chi connectivity index (χ0v) is 23.3. The van der Waals surface area contributed by atoms with E-state index >= 15 is 0 Å². The molecule has 7 nitrogen and oxygen atoms in total. The number of benzene rings is 3. The van der Waals surface area contributed by atoms with Gasteiger partial charge in [0, 0.05) is 12.1 Å². The number of hydrogen-bond donors (Lipinski definition) is 1. The number of nitrogens with zero attached hydrogens (tertiary/aromatic N) is 2. The second-order valence-electron chi connectivity index (χ2n) is 9.84. The van der Waals surface area contributed by atoms with Crippen LogP contribution in [0.1, 0.15) is 33.3 Å². The molecule has 1 N–H and O–H groups in total. The number of nitrogens with one attached hydrogen (secondary N) is 1. The van der Waals surface area contributed by atoms with Crippen LogP contribution in [0.25, 0.3) is 0 Å². The van der Waals surface area contributed by atoms with Gasteiger partial charge in [-0.25, -0.2) is 12.8 Å². The van der Waals surface area contributed by atoms with Crippen LogP contribution < -0.4 is 9.62 Å². The molecule has 0 bridgehead atoms. The van der Waals surface area contributed by atoms with Gasteiger partial charge in [0.15, 0.2) is 0 Å². The summed E-state index contributed by atoms with van der Waals surface area (Å²) in [5, 5.41) is 3.00. The molecule has 3 aromatic rings. The topological polar surface area (TPSA) is 86.8 Å². The van der Waals surface area contributed by atoms with E-state index in [2.05, 4.69) is 5.32 Å². The number of carbonyl (C=O) groups excluding carboxylic acids is 2. The number of rotatable bonds is 9. The van der Waals surface area contributed by atoms with Gasteiger partial charge in [-0.05, 0) is 69.7 Å². The van der Waals surface area contributed by atoms with Gasteiger partial charge in [0.25, 0.3) is 10.0 Å². The Kier molecular flexibility index (Phi) is 9.17. The first kappa shape index (κ1) is 29.1. The summed E-state index contributed by atoms with van der Waals surface area (Å²) >= 11 is 6.38. The van der Waals surface area contributed by atoms with Crippen LogP contribution in [0.3, 0.4) is 0 Å². The van der Waals surface area contributed by atoms with Gasteiger partial charge in [0.05, 0.1) is 15.6 Å². The maximum absolute atomic E-state index is 13.8. The third-order valence-electron chi connectivity index (χ3n) is 5.66. The summed E-state index contributed by atoms with van der Waals surface area (Å²) in [5.74, 6) is -1.49. The summed E-state index contributed by atoms with van der Waals surface area (Å²) in [4.78, 5) is 28.1. The average molecular weight is 560 g/mol. The van der Waals surface area contributed by atoms with Crippen molar-refractivity contribution in [1.82, 2.24) is 10.2 Å². The minimum atomic E-state index is -4.21. The summed E-state index contributed by atoms with van der Waals surface area (Å²) in [7, 11) is -4.21. The van der Waals surface area contributed by atoms with Gasteiger partial charge in [-0.2, -0.15) is 0 Å². The molecule has 0 fully saturated rings. The first-order valence-corrected chi connectivity index (χ1v) is 13.8. The lowest BCUT2D eigenvalue weighted by Crippen LogP contribution is -2.54. The predicted molar refractivity (Wildman–Crippen MR) is 147 cm³/mol. The Morgan fingerprint density at radius 2 is 1.53 bits per heavy atom. The van der Waals surface area contributed by atoms with Gasteiger partial charge in [0.2, 0.25) is 11.8 Å². The molecule has 1 atom stereocenters. The molecule has 10 heteroatoms. The zero-order valence-electron chi connectivity index (χ0n) is 21.7. The molecular formula is C28H31ClFN3O4S. The number of amides is 2. The van der Waals surface area contributed by atoms with Crippen molar-refractivity contribution in [3.8, 4) is 0 Å². The highest BCUT2D eigenvalue weighted by Crippen LogP contribution is 2.30. The Morgan fingerprint density at radius 3 is 2.11 bits per heavy atom. The number of carbonyl (C=O) groups is 2. The summed E-state index contributed by atoms with van der Waals surface area (Å²) < 4.78 is 41.9. The van der Waals surface area contributed by atoms with E-state index in [1.165, 1.54) is 53.4 Å². The van der Waals surface area contributed by atoms with Gasteiger partial charge in [-0.1, -0.05) is 54.1 Å². The molecule has 0 aromatic heterocycles. The highest BCUT2D eigenvalue weighted by atomic mass is 35.5. The molecule has 0 spiro atoms. The van der Waals surface area contributed by atoms with Crippen LogP contribution >= 0.6 is 11.6 Å². The van der Waals surface area contributed by atoms with Gasteiger partial charge in [-0.15, -0.1) is 0 Å². The van der Waals surface area contributed by atoms with Gasteiger partial charge in [0.1, 0.15) is 18.4 Å². The van der Waals surface area contributed by atoms with E-state index in [1.807, 2.05) is 20.8 Å². The van der Waals surface area contributed by atoms with Crippen LogP contribution in [-0.2, 0) is 26.2 Å². The van der Waals surface area contributed by atoms with E-state index in [9.17, 15) is 22.4 Å². The third-order valence-corrected chi connectivity index (χ3v) is 7.76. The standard InChI is InChI=1S/C28H31ClFN3O4S/c1-20(27(35)31-28(2,3)4)32(18-21-14-16-22(30)17-15-21)26(34)19-33(25-13-9-8-12-24(25)29)38(36,37)23-10-6-5-7-11-23/h5-17,20H,18-19H2,1-4H3,(H,31,35)/t20-/m1/s1.